The van der Waals surface area contributed by atoms with Crippen molar-refractivity contribution in [2.45, 2.75) is 45.8 Å². The van der Waals surface area contributed by atoms with Crippen LogP contribution in [0.25, 0.3) is 11.0 Å². The van der Waals surface area contributed by atoms with Gasteiger partial charge in [0, 0.05) is 13.0 Å². The van der Waals surface area contributed by atoms with Gasteiger partial charge in [0.25, 0.3) is 0 Å². The number of hydrogen-bond acceptors (Lipinski definition) is 3. The molecule has 0 spiro atoms. The van der Waals surface area contributed by atoms with E-state index < -0.39 is 6.10 Å². The van der Waals surface area contributed by atoms with Crippen molar-refractivity contribution in [2.75, 3.05) is 6.61 Å². The number of aliphatic hydroxyl groups excluding tert-OH is 1. The number of nitrogens with zero attached hydrogens (tertiary/aromatic N) is 2. The van der Waals surface area contributed by atoms with Gasteiger partial charge in [-0.15, -0.1) is 0 Å². The second-order valence-electron chi connectivity index (χ2n) is 7.26. The summed E-state index contributed by atoms with van der Waals surface area (Å²) >= 11 is 0. The molecule has 2 aromatic carbocycles. The molecule has 1 aliphatic carbocycles. The summed E-state index contributed by atoms with van der Waals surface area (Å²) in [4.78, 5) is 4.91. The van der Waals surface area contributed by atoms with Crippen LogP contribution in [0, 0.1) is 5.92 Å². The summed E-state index contributed by atoms with van der Waals surface area (Å²) in [6, 6.07) is 14.4. The lowest BCUT2D eigenvalue weighted by Crippen LogP contribution is -2.06. The van der Waals surface area contributed by atoms with Crippen LogP contribution in [0.2, 0.25) is 0 Å². The predicted molar refractivity (Wildman–Crippen MR) is 104 cm³/mol. The number of imidazole rings is 1. The maximum absolute atomic E-state index is 9.87. The summed E-state index contributed by atoms with van der Waals surface area (Å²) in [5.74, 6) is 2.78. The van der Waals surface area contributed by atoms with Gasteiger partial charge in [0.2, 0.25) is 0 Å². The molecule has 0 amide bonds. The van der Waals surface area contributed by atoms with Crippen LogP contribution in [0.15, 0.2) is 42.5 Å². The Morgan fingerprint density at radius 1 is 1.19 bits per heavy atom. The molecule has 136 valence electrons. The van der Waals surface area contributed by atoms with E-state index in [1.165, 1.54) is 23.9 Å². The third-order valence-electron chi connectivity index (χ3n) is 5.07. The van der Waals surface area contributed by atoms with E-state index in [2.05, 4.69) is 22.8 Å². The highest BCUT2D eigenvalue weighted by Crippen LogP contribution is 2.33. The summed E-state index contributed by atoms with van der Waals surface area (Å²) in [5.41, 5.74) is 4.30. The van der Waals surface area contributed by atoms with Gasteiger partial charge in [-0.05, 0) is 68.0 Å². The summed E-state index contributed by atoms with van der Waals surface area (Å²) in [6.45, 7) is 5.51. The van der Waals surface area contributed by atoms with Crippen LogP contribution in [0.5, 0.6) is 5.75 Å². The van der Waals surface area contributed by atoms with E-state index in [-0.39, 0.29) is 0 Å². The van der Waals surface area contributed by atoms with Gasteiger partial charge in [-0.2, -0.15) is 0 Å². The Morgan fingerprint density at radius 2 is 1.96 bits per heavy atom. The molecular formula is C22H26N2O2. The lowest BCUT2D eigenvalue weighted by molar-refractivity contribution is 0.199. The molecule has 1 N–H and O–H groups in total. The molecule has 26 heavy (non-hydrogen) atoms. The molecule has 1 fully saturated rings. The molecule has 1 aromatic heterocycles. The molecule has 0 bridgehead atoms. The van der Waals surface area contributed by atoms with Gasteiger partial charge in [-0.1, -0.05) is 18.2 Å². The molecule has 1 heterocycles. The van der Waals surface area contributed by atoms with E-state index in [1.54, 1.807) is 6.92 Å². The Kier molecular flexibility index (Phi) is 4.68. The van der Waals surface area contributed by atoms with Crippen LogP contribution in [-0.2, 0) is 13.0 Å². The van der Waals surface area contributed by atoms with E-state index in [0.717, 1.165) is 41.5 Å². The standard InChI is InChI=1S/C22H26N2O2/c1-3-26-19-9-6-16(7-10-19)12-22-23-20-13-18(15(2)25)8-11-21(20)24(22)14-17-4-5-17/h6-11,13,15,17,25H,3-5,12,14H2,1-2H3. The average Bonchev–Trinajstić information content (AvgIpc) is 3.39. The summed E-state index contributed by atoms with van der Waals surface area (Å²) < 4.78 is 7.91. The number of rotatable bonds is 7. The molecule has 1 atom stereocenters. The summed E-state index contributed by atoms with van der Waals surface area (Å²) in [5, 5.41) is 9.87. The molecule has 4 rings (SSSR count). The third-order valence-corrected chi connectivity index (χ3v) is 5.07. The predicted octanol–water partition coefficient (Wildman–Crippen LogP) is 4.49. The highest BCUT2D eigenvalue weighted by atomic mass is 16.5. The number of fused-ring (bicyclic) bond motifs is 1. The van der Waals surface area contributed by atoms with Gasteiger partial charge in [-0.25, -0.2) is 4.98 Å². The van der Waals surface area contributed by atoms with Crippen molar-refractivity contribution in [3.63, 3.8) is 0 Å². The smallest absolute Gasteiger partial charge is 0.119 e. The Balaban J connectivity index is 1.67. The first-order chi connectivity index (χ1) is 12.6. The Morgan fingerprint density at radius 3 is 2.62 bits per heavy atom. The fourth-order valence-electron chi connectivity index (χ4n) is 3.41. The van der Waals surface area contributed by atoms with E-state index in [9.17, 15) is 5.11 Å². The maximum Gasteiger partial charge on any atom is 0.119 e. The molecule has 1 unspecified atom stereocenters. The highest BCUT2D eigenvalue weighted by molar-refractivity contribution is 5.77. The van der Waals surface area contributed by atoms with Crippen molar-refractivity contribution in [2.24, 2.45) is 5.92 Å². The summed E-state index contributed by atoms with van der Waals surface area (Å²) in [6.07, 6.45) is 2.96. The van der Waals surface area contributed by atoms with E-state index in [4.69, 9.17) is 9.72 Å². The van der Waals surface area contributed by atoms with Crippen LogP contribution in [0.4, 0.5) is 0 Å². The van der Waals surface area contributed by atoms with Crippen LogP contribution >= 0.6 is 0 Å². The van der Waals surface area contributed by atoms with E-state index >= 15 is 0 Å². The fourth-order valence-corrected chi connectivity index (χ4v) is 3.41. The molecule has 4 nitrogen and oxygen atoms in total. The number of hydrogen-bond donors (Lipinski definition) is 1. The van der Waals surface area contributed by atoms with Crippen LogP contribution in [-0.4, -0.2) is 21.3 Å². The molecule has 0 aliphatic heterocycles. The summed E-state index contributed by atoms with van der Waals surface area (Å²) in [7, 11) is 0. The quantitative estimate of drug-likeness (QED) is 0.683. The molecule has 1 aliphatic rings. The van der Waals surface area contributed by atoms with Crippen LogP contribution in [0.1, 0.15) is 49.7 Å². The highest BCUT2D eigenvalue weighted by Gasteiger charge is 2.24. The first kappa shape index (κ1) is 17.1. The largest absolute Gasteiger partial charge is 0.494 e. The van der Waals surface area contributed by atoms with Crippen molar-refractivity contribution >= 4 is 11.0 Å². The van der Waals surface area contributed by atoms with Crippen molar-refractivity contribution in [1.29, 1.82) is 0 Å². The minimum absolute atomic E-state index is 0.470. The van der Waals surface area contributed by atoms with Crippen molar-refractivity contribution in [1.82, 2.24) is 9.55 Å². The average molecular weight is 350 g/mol. The maximum atomic E-state index is 9.87. The fraction of sp³-hybridized carbons (Fsp3) is 0.409. The third kappa shape index (κ3) is 3.61. The normalized spacial score (nSPS) is 15.3. The Labute approximate surface area is 154 Å². The zero-order valence-electron chi connectivity index (χ0n) is 15.5. The Bertz CT molecular complexity index is 892. The number of benzene rings is 2. The van der Waals surface area contributed by atoms with Gasteiger partial charge >= 0.3 is 0 Å². The molecule has 3 aromatic rings. The van der Waals surface area contributed by atoms with Crippen LogP contribution in [0.3, 0.4) is 0 Å². The molecule has 0 saturated heterocycles. The second-order valence-corrected chi connectivity index (χ2v) is 7.26. The SMILES string of the molecule is CCOc1ccc(Cc2nc3cc(C(C)O)ccc3n2CC2CC2)cc1. The van der Waals surface area contributed by atoms with Gasteiger partial charge in [0.05, 0.1) is 23.7 Å². The molecule has 0 radical (unpaired) electrons. The number of ether oxygens (including phenoxy) is 1. The first-order valence-corrected chi connectivity index (χ1v) is 9.53. The van der Waals surface area contributed by atoms with Gasteiger partial charge in [0.15, 0.2) is 0 Å². The van der Waals surface area contributed by atoms with Gasteiger partial charge < -0.3 is 14.4 Å². The van der Waals surface area contributed by atoms with Crippen molar-refractivity contribution in [3.8, 4) is 5.75 Å². The second kappa shape index (κ2) is 7.12. The van der Waals surface area contributed by atoms with E-state index in [1.807, 2.05) is 31.2 Å². The monoisotopic (exact) mass is 350 g/mol. The Hall–Kier alpha value is -2.33. The van der Waals surface area contributed by atoms with Crippen LogP contribution < -0.4 is 4.74 Å². The van der Waals surface area contributed by atoms with Crippen molar-refractivity contribution < 1.29 is 9.84 Å². The van der Waals surface area contributed by atoms with Gasteiger partial charge in [0.1, 0.15) is 11.6 Å². The minimum atomic E-state index is -0.470. The zero-order chi connectivity index (χ0) is 18.1. The topological polar surface area (TPSA) is 47.3 Å². The zero-order valence-corrected chi connectivity index (χ0v) is 15.5. The lowest BCUT2D eigenvalue weighted by atomic mass is 10.1. The molecular weight excluding hydrogens is 324 g/mol. The number of aromatic nitrogens is 2. The van der Waals surface area contributed by atoms with Crippen molar-refractivity contribution in [3.05, 3.63) is 59.4 Å². The van der Waals surface area contributed by atoms with Gasteiger partial charge in [-0.3, -0.25) is 0 Å². The van der Waals surface area contributed by atoms with E-state index in [0.29, 0.717) is 6.61 Å². The number of aliphatic hydroxyl groups is 1. The minimum Gasteiger partial charge on any atom is -0.494 e. The lowest BCUT2D eigenvalue weighted by Gasteiger charge is -2.10. The molecule has 1 saturated carbocycles. The first-order valence-electron chi connectivity index (χ1n) is 9.53. The molecule has 4 heteroatoms.